The fraction of sp³-hybridized carbons (Fsp3) is 0.538. The highest BCUT2D eigenvalue weighted by molar-refractivity contribution is 5.78. The highest BCUT2D eigenvalue weighted by Crippen LogP contribution is 2.13. The van der Waals surface area contributed by atoms with Crippen molar-refractivity contribution in [2.75, 3.05) is 18.5 Å². The lowest BCUT2D eigenvalue weighted by Crippen LogP contribution is -2.52. The SMILES string of the molecule is Cc1nccc(N[C@@H]2COCC[C@@H]2NC(=O)CC#N)n1. The Labute approximate surface area is 117 Å². The first-order valence-corrected chi connectivity index (χ1v) is 6.49. The maximum Gasteiger partial charge on any atom is 0.234 e. The van der Waals surface area contributed by atoms with E-state index in [1.807, 2.05) is 13.0 Å². The molecule has 0 bridgehead atoms. The van der Waals surface area contributed by atoms with Crippen LogP contribution in [0.3, 0.4) is 0 Å². The predicted octanol–water partition coefficient (Wildman–Crippen LogP) is 0.384. The van der Waals surface area contributed by atoms with E-state index in [4.69, 9.17) is 10.00 Å². The zero-order valence-corrected chi connectivity index (χ0v) is 11.3. The summed E-state index contributed by atoms with van der Waals surface area (Å²) in [4.78, 5) is 19.8. The fourth-order valence-corrected chi connectivity index (χ4v) is 2.11. The van der Waals surface area contributed by atoms with E-state index in [0.717, 1.165) is 0 Å². The van der Waals surface area contributed by atoms with E-state index in [0.29, 0.717) is 31.3 Å². The first-order chi connectivity index (χ1) is 9.69. The quantitative estimate of drug-likeness (QED) is 0.824. The highest BCUT2D eigenvalue weighted by atomic mass is 16.5. The minimum Gasteiger partial charge on any atom is -0.379 e. The Morgan fingerprint density at radius 2 is 2.45 bits per heavy atom. The second-order valence-electron chi connectivity index (χ2n) is 4.61. The third kappa shape index (κ3) is 3.90. The van der Waals surface area contributed by atoms with Gasteiger partial charge in [0.2, 0.25) is 5.91 Å². The normalized spacial score (nSPS) is 21.8. The summed E-state index contributed by atoms with van der Waals surface area (Å²) in [6.45, 7) is 2.90. The van der Waals surface area contributed by atoms with Gasteiger partial charge < -0.3 is 15.4 Å². The summed E-state index contributed by atoms with van der Waals surface area (Å²) in [6, 6.07) is 3.48. The molecule has 1 aromatic heterocycles. The first kappa shape index (κ1) is 14.2. The molecule has 2 rings (SSSR count). The molecular formula is C13H17N5O2. The van der Waals surface area contributed by atoms with Crippen LogP contribution in [0.25, 0.3) is 0 Å². The van der Waals surface area contributed by atoms with Crippen LogP contribution in [0, 0.1) is 18.3 Å². The number of nitrogens with one attached hydrogen (secondary N) is 2. The molecule has 2 heterocycles. The van der Waals surface area contributed by atoms with Crippen LogP contribution in [-0.2, 0) is 9.53 Å². The molecule has 1 fully saturated rings. The van der Waals surface area contributed by atoms with Gasteiger partial charge in [-0.1, -0.05) is 0 Å². The Bertz CT molecular complexity index is 514. The van der Waals surface area contributed by atoms with Gasteiger partial charge in [0.05, 0.1) is 24.8 Å². The van der Waals surface area contributed by atoms with Gasteiger partial charge in [0.15, 0.2) is 0 Å². The van der Waals surface area contributed by atoms with Crippen molar-refractivity contribution >= 4 is 11.7 Å². The lowest BCUT2D eigenvalue weighted by Gasteiger charge is -2.32. The number of carbonyl (C=O) groups excluding carboxylic acids is 1. The molecule has 1 saturated heterocycles. The molecule has 1 aliphatic heterocycles. The van der Waals surface area contributed by atoms with E-state index in [2.05, 4.69) is 20.6 Å². The molecule has 0 radical (unpaired) electrons. The van der Waals surface area contributed by atoms with Crippen molar-refractivity contribution in [2.45, 2.75) is 31.8 Å². The fourth-order valence-electron chi connectivity index (χ4n) is 2.11. The largest absolute Gasteiger partial charge is 0.379 e. The van der Waals surface area contributed by atoms with Crippen molar-refractivity contribution in [1.82, 2.24) is 15.3 Å². The molecule has 7 nitrogen and oxygen atoms in total. The number of hydrogen-bond acceptors (Lipinski definition) is 6. The average Bonchev–Trinajstić information content (AvgIpc) is 2.41. The average molecular weight is 275 g/mol. The number of anilines is 1. The number of aryl methyl sites for hydroxylation is 1. The molecule has 0 saturated carbocycles. The van der Waals surface area contributed by atoms with Crippen molar-refractivity contribution in [1.29, 1.82) is 5.26 Å². The summed E-state index contributed by atoms with van der Waals surface area (Å²) in [5.41, 5.74) is 0. The lowest BCUT2D eigenvalue weighted by molar-refractivity contribution is -0.121. The van der Waals surface area contributed by atoms with Gasteiger partial charge in [-0.15, -0.1) is 0 Å². The Balaban J connectivity index is 2.00. The molecule has 0 aliphatic carbocycles. The Morgan fingerprint density at radius 3 is 3.20 bits per heavy atom. The van der Waals surface area contributed by atoms with E-state index >= 15 is 0 Å². The minimum absolute atomic E-state index is 0.0688. The minimum atomic E-state index is -0.259. The van der Waals surface area contributed by atoms with Crippen molar-refractivity contribution < 1.29 is 9.53 Å². The van der Waals surface area contributed by atoms with Gasteiger partial charge in [-0.2, -0.15) is 5.26 Å². The molecular weight excluding hydrogens is 258 g/mol. The van der Waals surface area contributed by atoms with Crippen molar-refractivity contribution in [3.05, 3.63) is 18.1 Å². The van der Waals surface area contributed by atoms with Crippen LogP contribution >= 0.6 is 0 Å². The third-order valence-electron chi connectivity index (χ3n) is 3.05. The molecule has 1 aliphatic rings. The van der Waals surface area contributed by atoms with E-state index in [1.165, 1.54) is 0 Å². The summed E-state index contributed by atoms with van der Waals surface area (Å²) < 4.78 is 5.43. The highest BCUT2D eigenvalue weighted by Gasteiger charge is 2.27. The smallest absolute Gasteiger partial charge is 0.234 e. The van der Waals surface area contributed by atoms with Gasteiger partial charge >= 0.3 is 0 Å². The zero-order chi connectivity index (χ0) is 14.4. The van der Waals surface area contributed by atoms with Gasteiger partial charge in [-0.05, 0) is 19.4 Å². The van der Waals surface area contributed by atoms with Crippen LogP contribution < -0.4 is 10.6 Å². The summed E-state index contributed by atoms with van der Waals surface area (Å²) >= 11 is 0. The number of amides is 1. The second-order valence-corrected chi connectivity index (χ2v) is 4.61. The number of nitriles is 1. The predicted molar refractivity (Wildman–Crippen MR) is 71.8 cm³/mol. The second kappa shape index (κ2) is 6.82. The maximum absolute atomic E-state index is 11.5. The van der Waals surface area contributed by atoms with Crippen LogP contribution in [0.15, 0.2) is 12.3 Å². The summed E-state index contributed by atoms with van der Waals surface area (Å²) in [6.07, 6.45) is 2.26. The molecule has 0 aromatic carbocycles. The van der Waals surface area contributed by atoms with Crippen LogP contribution in [0.1, 0.15) is 18.7 Å². The molecule has 1 amide bonds. The van der Waals surface area contributed by atoms with E-state index in [-0.39, 0.29) is 24.4 Å². The summed E-state index contributed by atoms with van der Waals surface area (Å²) in [7, 11) is 0. The van der Waals surface area contributed by atoms with Crippen LogP contribution in [0.4, 0.5) is 5.82 Å². The molecule has 0 spiro atoms. The van der Waals surface area contributed by atoms with Gasteiger partial charge in [-0.3, -0.25) is 4.79 Å². The van der Waals surface area contributed by atoms with Crippen molar-refractivity contribution in [2.24, 2.45) is 0 Å². The van der Waals surface area contributed by atoms with Crippen LogP contribution in [0.5, 0.6) is 0 Å². The number of rotatable bonds is 4. The van der Waals surface area contributed by atoms with E-state index in [9.17, 15) is 4.79 Å². The Hall–Kier alpha value is -2.20. The van der Waals surface area contributed by atoms with E-state index in [1.54, 1.807) is 12.3 Å². The van der Waals surface area contributed by atoms with Gasteiger partial charge in [0, 0.05) is 12.8 Å². The van der Waals surface area contributed by atoms with Gasteiger partial charge in [0.25, 0.3) is 0 Å². The molecule has 0 unspecified atom stereocenters. The van der Waals surface area contributed by atoms with Crippen molar-refractivity contribution in [3.8, 4) is 6.07 Å². The van der Waals surface area contributed by atoms with Crippen LogP contribution in [0.2, 0.25) is 0 Å². The van der Waals surface area contributed by atoms with E-state index < -0.39 is 0 Å². The first-order valence-electron chi connectivity index (χ1n) is 6.49. The Morgan fingerprint density at radius 1 is 1.60 bits per heavy atom. The lowest BCUT2D eigenvalue weighted by atomic mass is 10.0. The van der Waals surface area contributed by atoms with Crippen molar-refractivity contribution in [3.63, 3.8) is 0 Å². The number of carbonyl (C=O) groups is 1. The number of nitrogens with zero attached hydrogens (tertiary/aromatic N) is 3. The summed E-state index contributed by atoms with van der Waals surface area (Å²) in [5, 5.41) is 14.6. The monoisotopic (exact) mass is 275 g/mol. The van der Waals surface area contributed by atoms with Gasteiger partial charge in [0.1, 0.15) is 18.1 Å². The zero-order valence-electron chi connectivity index (χ0n) is 11.3. The molecule has 20 heavy (non-hydrogen) atoms. The molecule has 2 atom stereocenters. The van der Waals surface area contributed by atoms with Crippen LogP contribution in [-0.4, -0.2) is 41.2 Å². The number of ether oxygens (including phenoxy) is 1. The molecule has 7 heteroatoms. The van der Waals surface area contributed by atoms with Gasteiger partial charge in [-0.25, -0.2) is 9.97 Å². The Kier molecular flexibility index (Phi) is 4.85. The number of aromatic nitrogens is 2. The standard InChI is InChI=1S/C13H17N5O2/c1-9-15-6-3-12(16-9)17-11-8-20-7-4-10(11)18-13(19)2-5-14/h3,6,10-11H,2,4,7-8H2,1H3,(H,18,19)(H,15,16,17)/t10-,11+/m0/s1. The number of hydrogen-bond donors (Lipinski definition) is 2. The molecule has 1 aromatic rings. The molecule has 2 N–H and O–H groups in total. The third-order valence-corrected chi connectivity index (χ3v) is 3.05. The maximum atomic E-state index is 11.5. The molecule has 106 valence electrons. The summed E-state index contributed by atoms with van der Waals surface area (Å²) in [5.74, 6) is 1.12. The topological polar surface area (TPSA) is 99.9 Å².